The number of nitrogens with one attached hydrogen (secondary N) is 2. The molecule has 1 aromatic heterocycles. The summed E-state index contributed by atoms with van der Waals surface area (Å²) in [5.41, 5.74) is 1.44. The molecule has 11 nitrogen and oxygen atoms in total. The number of urea groups is 1. The molecule has 0 bridgehead atoms. The first-order chi connectivity index (χ1) is 14.7. The van der Waals surface area contributed by atoms with Gasteiger partial charge in [-0.2, -0.15) is 5.01 Å². The zero-order valence-corrected chi connectivity index (χ0v) is 18.8. The molecule has 0 radical (unpaired) electrons. The monoisotopic (exact) mass is 471 g/mol. The van der Waals surface area contributed by atoms with Crippen LogP contribution in [0.4, 0.5) is 4.79 Å². The van der Waals surface area contributed by atoms with Crippen LogP contribution in [0.2, 0.25) is 0 Å². The van der Waals surface area contributed by atoms with Crippen molar-refractivity contribution in [2.45, 2.75) is 56.2 Å². The summed E-state index contributed by atoms with van der Waals surface area (Å²) < 4.78 is 28.6. The lowest BCUT2D eigenvalue weighted by atomic mass is 9.77. The minimum absolute atomic E-state index is 0.0404. The SMILES string of the molecule is CC1CCC2(CC1)NC(=O)N(NC(=O)CSc1nnc(CC3CCS(=O)(=O)C3)o1)C2=O. The smallest absolute Gasteiger partial charge is 0.344 e. The number of carbonyl (C=O) groups is 3. The molecule has 2 aliphatic heterocycles. The molecule has 4 amide bonds. The Morgan fingerprint density at radius 3 is 2.71 bits per heavy atom. The first kappa shape index (κ1) is 22.1. The number of sulfone groups is 1. The van der Waals surface area contributed by atoms with Gasteiger partial charge in [0.15, 0.2) is 9.84 Å². The van der Waals surface area contributed by atoms with E-state index >= 15 is 0 Å². The van der Waals surface area contributed by atoms with E-state index in [1.54, 1.807) is 0 Å². The van der Waals surface area contributed by atoms with Gasteiger partial charge >= 0.3 is 6.03 Å². The van der Waals surface area contributed by atoms with Crippen molar-refractivity contribution in [1.29, 1.82) is 0 Å². The molecule has 4 rings (SSSR count). The van der Waals surface area contributed by atoms with Crippen LogP contribution in [0.25, 0.3) is 0 Å². The highest BCUT2D eigenvalue weighted by Crippen LogP contribution is 2.35. The van der Waals surface area contributed by atoms with Crippen molar-refractivity contribution in [3.63, 3.8) is 0 Å². The molecule has 13 heteroatoms. The van der Waals surface area contributed by atoms with E-state index in [1.165, 1.54) is 0 Å². The Balaban J connectivity index is 1.27. The first-order valence-electron chi connectivity index (χ1n) is 10.3. The van der Waals surface area contributed by atoms with Gasteiger partial charge in [-0.1, -0.05) is 18.7 Å². The molecule has 1 atom stereocenters. The number of hydrogen-bond donors (Lipinski definition) is 2. The van der Waals surface area contributed by atoms with Crippen LogP contribution in [0.5, 0.6) is 0 Å². The molecule has 170 valence electrons. The molecular formula is C18H25N5O6S2. The highest BCUT2D eigenvalue weighted by Gasteiger charge is 2.52. The van der Waals surface area contributed by atoms with E-state index in [0.717, 1.165) is 29.6 Å². The maximum atomic E-state index is 12.8. The molecular weight excluding hydrogens is 446 g/mol. The number of rotatable bonds is 6. The third-order valence-corrected chi connectivity index (χ3v) is 8.75. The highest BCUT2D eigenvalue weighted by atomic mass is 32.2. The number of hydrogen-bond acceptors (Lipinski definition) is 9. The van der Waals surface area contributed by atoms with Gasteiger partial charge in [0.2, 0.25) is 11.8 Å². The summed E-state index contributed by atoms with van der Waals surface area (Å²) in [6.45, 7) is 2.11. The minimum atomic E-state index is -2.98. The van der Waals surface area contributed by atoms with Crippen LogP contribution in [0, 0.1) is 11.8 Å². The van der Waals surface area contributed by atoms with Gasteiger partial charge in [-0.15, -0.1) is 10.2 Å². The van der Waals surface area contributed by atoms with E-state index < -0.39 is 33.2 Å². The summed E-state index contributed by atoms with van der Waals surface area (Å²) in [6, 6.07) is -0.621. The summed E-state index contributed by atoms with van der Waals surface area (Å²) in [5, 5.41) is 11.4. The van der Waals surface area contributed by atoms with E-state index in [2.05, 4.69) is 27.9 Å². The number of amides is 4. The molecule has 31 heavy (non-hydrogen) atoms. The van der Waals surface area contributed by atoms with E-state index in [0.29, 0.717) is 37.5 Å². The largest absolute Gasteiger partial charge is 0.416 e. The normalized spacial score (nSPS) is 30.0. The Bertz CT molecular complexity index is 985. The second kappa shape index (κ2) is 8.41. The second-order valence-electron chi connectivity index (χ2n) is 8.59. The van der Waals surface area contributed by atoms with Crippen LogP contribution in [0.1, 0.15) is 44.9 Å². The van der Waals surface area contributed by atoms with Crippen molar-refractivity contribution >= 4 is 39.4 Å². The Kier molecular flexibility index (Phi) is 5.99. The van der Waals surface area contributed by atoms with Crippen LogP contribution in [-0.2, 0) is 25.8 Å². The molecule has 2 saturated heterocycles. The van der Waals surface area contributed by atoms with Crippen LogP contribution in [0.3, 0.4) is 0 Å². The van der Waals surface area contributed by atoms with Gasteiger partial charge in [-0.05, 0) is 43.9 Å². The van der Waals surface area contributed by atoms with Crippen molar-refractivity contribution < 1.29 is 27.2 Å². The summed E-state index contributed by atoms with van der Waals surface area (Å²) in [5.74, 6) is -0.00325. The van der Waals surface area contributed by atoms with E-state index in [-0.39, 0.29) is 28.4 Å². The van der Waals surface area contributed by atoms with Gasteiger partial charge < -0.3 is 9.73 Å². The number of imide groups is 1. The summed E-state index contributed by atoms with van der Waals surface area (Å²) in [7, 11) is -2.98. The summed E-state index contributed by atoms with van der Waals surface area (Å²) in [4.78, 5) is 37.3. The van der Waals surface area contributed by atoms with Crippen LogP contribution >= 0.6 is 11.8 Å². The Hall–Kier alpha value is -2.15. The quantitative estimate of drug-likeness (QED) is 0.450. The zero-order valence-electron chi connectivity index (χ0n) is 17.1. The Labute approximate surface area is 184 Å². The minimum Gasteiger partial charge on any atom is -0.416 e. The third kappa shape index (κ3) is 4.86. The van der Waals surface area contributed by atoms with Gasteiger partial charge in [0.1, 0.15) is 5.54 Å². The molecule has 1 saturated carbocycles. The topological polar surface area (TPSA) is 152 Å². The molecule has 1 aliphatic carbocycles. The van der Waals surface area contributed by atoms with Crippen LogP contribution in [0.15, 0.2) is 9.64 Å². The molecule has 2 N–H and O–H groups in total. The lowest BCUT2D eigenvalue weighted by Crippen LogP contribution is -2.51. The fraction of sp³-hybridized carbons (Fsp3) is 0.722. The van der Waals surface area contributed by atoms with Gasteiger partial charge in [-0.25, -0.2) is 13.2 Å². The van der Waals surface area contributed by atoms with Crippen LogP contribution < -0.4 is 10.7 Å². The molecule has 3 heterocycles. The summed E-state index contributed by atoms with van der Waals surface area (Å²) in [6.07, 6.45) is 3.76. The van der Waals surface area contributed by atoms with E-state index in [4.69, 9.17) is 4.42 Å². The fourth-order valence-electron chi connectivity index (χ4n) is 4.26. The maximum absolute atomic E-state index is 12.8. The van der Waals surface area contributed by atoms with Crippen molar-refractivity contribution in [3.8, 4) is 0 Å². The molecule has 0 aromatic carbocycles. The fourth-order valence-corrected chi connectivity index (χ4v) is 6.69. The lowest BCUT2D eigenvalue weighted by Gasteiger charge is -2.33. The predicted molar refractivity (Wildman–Crippen MR) is 109 cm³/mol. The predicted octanol–water partition coefficient (Wildman–Crippen LogP) is 0.671. The molecule has 1 unspecified atom stereocenters. The lowest BCUT2D eigenvalue weighted by molar-refractivity contribution is -0.139. The molecule has 3 fully saturated rings. The van der Waals surface area contributed by atoms with Crippen molar-refractivity contribution in [2.75, 3.05) is 17.3 Å². The standard InChI is InChI=1S/C18H25N5O6S2/c1-11-2-5-18(6-3-11)15(25)23(16(26)19-18)22-13(24)9-30-17-21-20-14(29-17)8-12-4-7-31(27,28)10-12/h11-12H,2-10H2,1H3,(H,19,26)(H,22,24). The Morgan fingerprint density at radius 1 is 1.29 bits per heavy atom. The van der Waals surface area contributed by atoms with Crippen molar-refractivity contribution in [1.82, 2.24) is 25.9 Å². The maximum Gasteiger partial charge on any atom is 0.344 e. The average Bonchev–Trinajstić information content (AvgIpc) is 3.36. The van der Waals surface area contributed by atoms with Gasteiger partial charge in [0, 0.05) is 6.42 Å². The third-order valence-electron chi connectivity index (χ3n) is 6.09. The van der Waals surface area contributed by atoms with Crippen molar-refractivity contribution in [2.24, 2.45) is 11.8 Å². The second-order valence-corrected chi connectivity index (χ2v) is 11.7. The van der Waals surface area contributed by atoms with Gasteiger partial charge in [-0.3, -0.25) is 15.0 Å². The zero-order chi connectivity index (χ0) is 22.2. The molecule has 3 aliphatic rings. The van der Waals surface area contributed by atoms with E-state index in [1.807, 2.05) is 0 Å². The molecule has 1 aromatic rings. The number of carbonyl (C=O) groups excluding carboxylic acids is 3. The number of thioether (sulfide) groups is 1. The van der Waals surface area contributed by atoms with Crippen LogP contribution in [-0.4, -0.2) is 64.3 Å². The average molecular weight is 472 g/mol. The summed E-state index contributed by atoms with van der Waals surface area (Å²) >= 11 is 0.980. The van der Waals surface area contributed by atoms with E-state index in [9.17, 15) is 22.8 Å². The number of nitrogens with zero attached hydrogens (tertiary/aromatic N) is 3. The molecule has 1 spiro atoms. The Morgan fingerprint density at radius 2 is 2.03 bits per heavy atom. The number of hydrazine groups is 1. The van der Waals surface area contributed by atoms with Gasteiger partial charge in [0.25, 0.3) is 11.1 Å². The first-order valence-corrected chi connectivity index (χ1v) is 13.1. The van der Waals surface area contributed by atoms with Gasteiger partial charge in [0.05, 0.1) is 17.3 Å². The van der Waals surface area contributed by atoms with Crippen molar-refractivity contribution in [3.05, 3.63) is 5.89 Å². The number of aromatic nitrogens is 2. The highest BCUT2D eigenvalue weighted by molar-refractivity contribution is 7.99.